The van der Waals surface area contributed by atoms with Gasteiger partial charge >= 0.3 is 0 Å². The summed E-state index contributed by atoms with van der Waals surface area (Å²) in [5.74, 6) is 0. The van der Waals surface area contributed by atoms with E-state index in [2.05, 4.69) is 4.40 Å². The molecule has 106 valence electrons. The molecule has 1 aromatic rings. The van der Waals surface area contributed by atoms with Gasteiger partial charge in [-0.15, -0.1) is 0 Å². The zero-order valence-electron chi connectivity index (χ0n) is 11.6. The van der Waals surface area contributed by atoms with Crippen LogP contribution in [0.1, 0.15) is 26.3 Å². The maximum absolute atomic E-state index is 11.8. The number of benzene rings is 1. The minimum Gasteiger partial charge on any atom is -0.261 e. The summed E-state index contributed by atoms with van der Waals surface area (Å²) in [4.78, 5) is 0.162. The molecule has 0 fully saturated rings. The summed E-state index contributed by atoms with van der Waals surface area (Å²) in [6.45, 7) is 7.92. The van der Waals surface area contributed by atoms with E-state index >= 15 is 0 Å². The maximum Gasteiger partial charge on any atom is 0.297 e. The highest BCUT2D eigenvalue weighted by Gasteiger charge is 2.14. The van der Waals surface area contributed by atoms with Crippen molar-refractivity contribution in [3.8, 4) is 0 Å². The molecule has 0 bridgehead atoms. The zero-order chi connectivity index (χ0) is 14.5. The molecule has 0 saturated heterocycles. The van der Waals surface area contributed by atoms with Gasteiger partial charge in [0.15, 0.2) is 0 Å². The van der Waals surface area contributed by atoms with Crippen molar-refractivity contribution in [1.82, 2.24) is 0 Å². The van der Waals surface area contributed by atoms with E-state index in [9.17, 15) is 8.42 Å². The second-order valence-electron chi connectivity index (χ2n) is 5.04. The van der Waals surface area contributed by atoms with Crippen molar-refractivity contribution >= 4 is 28.3 Å². The second kappa shape index (κ2) is 6.54. The van der Waals surface area contributed by atoms with Gasteiger partial charge < -0.3 is 0 Å². The van der Waals surface area contributed by atoms with E-state index in [4.69, 9.17) is 4.18 Å². The van der Waals surface area contributed by atoms with Crippen LogP contribution in [0.25, 0.3) is 0 Å². The van der Waals surface area contributed by atoms with Crippen molar-refractivity contribution in [1.29, 1.82) is 0 Å². The largest absolute Gasteiger partial charge is 0.297 e. The number of nitrogens with zero attached hydrogens (tertiary/aromatic N) is 1. The summed E-state index contributed by atoms with van der Waals surface area (Å²) in [5.41, 5.74) is 1.00. The third-order valence-electron chi connectivity index (χ3n) is 2.01. The Kier molecular flexibility index (Phi) is 5.58. The molecule has 0 aliphatic rings. The van der Waals surface area contributed by atoms with E-state index in [1.54, 1.807) is 12.1 Å². The van der Waals surface area contributed by atoms with Crippen LogP contribution >= 0.6 is 11.9 Å². The first-order chi connectivity index (χ1) is 8.71. The molecule has 0 aliphatic heterocycles. The van der Waals surface area contributed by atoms with Crippen LogP contribution in [0.3, 0.4) is 0 Å². The molecule has 4 nitrogen and oxygen atoms in total. The molecule has 1 rings (SSSR count). The molecular formula is C13H19NO3S2. The van der Waals surface area contributed by atoms with Gasteiger partial charge in [-0.05, 0) is 51.8 Å². The molecule has 0 N–H and O–H groups in total. The molecule has 0 saturated carbocycles. The third-order valence-corrected chi connectivity index (χ3v) is 4.11. The van der Waals surface area contributed by atoms with E-state index in [1.807, 2.05) is 27.7 Å². The minimum atomic E-state index is -3.69. The van der Waals surface area contributed by atoms with Crippen LogP contribution in [-0.2, 0) is 14.3 Å². The van der Waals surface area contributed by atoms with E-state index < -0.39 is 10.1 Å². The molecule has 0 aliphatic carbocycles. The van der Waals surface area contributed by atoms with Gasteiger partial charge in [0.1, 0.15) is 6.61 Å². The van der Waals surface area contributed by atoms with E-state index in [0.717, 1.165) is 5.56 Å². The first kappa shape index (κ1) is 16.2. The number of hydrogen-bond donors (Lipinski definition) is 0. The van der Waals surface area contributed by atoms with Gasteiger partial charge in [-0.1, -0.05) is 17.7 Å². The van der Waals surface area contributed by atoms with E-state index in [1.165, 1.54) is 30.3 Å². The van der Waals surface area contributed by atoms with Crippen LogP contribution in [0, 0.1) is 6.92 Å². The average molecular weight is 301 g/mol. The van der Waals surface area contributed by atoms with Crippen molar-refractivity contribution in [3.05, 3.63) is 29.8 Å². The highest BCUT2D eigenvalue weighted by molar-refractivity contribution is 7.99. The normalized spacial score (nSPS) is 13.1. The van der Waals surface area contributed by atoms with Crippen LogP contribution in [-0.4, -0.2) is 26.0 Å². The number of aryl methyl sites for hydroxylation is 1. The fraction of sp³-hybridized carbons (Fsp3) is 0.462. The van der Waals surface area contributed by atoms with Gasteiger partial charge in [-0.2, -0.15) is 8.42 Å². The van der Waals surface area contributed by atoms with Crippen LogP contribution in [0.4, 0.5) is 0 Å². The molecule has 0 atom stereocenters. The van der Waals surface area contributed by atoms with Gasteiger partial charge in [-0.25, -0.2) is 4.40 Å². The Bertz CT molecular complexity index is 528. The zero-order valence-corrected chi connectivity index (χ0v) is 13.2. The van der Waals surface area contributed by atoms with Crippen molar-refractivity contribution in [2.75, 3.05) is 6.61 Å². The molecule has 0 amide bonds. The van der Waals surface area contributed by atoms with Gasteiger partial charge in [0.2, 0.25) is 0 Å². The summed E-state index contributed by atoms with van der Waals surface area (Å²) < 4.78 is 32.6. The monoisotopic (exact) mass is 301 g/mol. The van der Waals surface area contributed by atoms with Crippen LogP contribution < -0.4 is 0 Å². The quantitative estimate of drug-likeness (QED) is 0.476. The highest BCUT2D eigenvalue weighted by Crippen LogP contribution is 2.23. The fourth-order valence-electron chi connectivity index (χ4n) is 1.12. The van der Waals surface area contributed by atoms with Crippen molar-refractivity contribution in [2.45, 2.75) is 37.3 Å². The average Bonchev–Trinajstić information content (AvgIpc) is 2.27. The van der Waals surface area contributed by atoms with Crippen molar-refractivity contribution in [3.63, 3.8) is 0 Å². The molecule has 0 aromatic heterocycles. The summed E-state index contributed by atoms with van der Waals surface area (Å²) in [6.07, 6.45) is 1.46. The van der Waals surface area contributed by atoms with E-state index in [-0.39, 0.29) is 16.2 Å². The minimum absolute atomic E-state index is 0.00628. The molecule has 1 aromatic carbocycles. The lowest BCUT2D eigenvalue weighted by Gasteiger charge is -2.12. The van der Waals surface area contributed by atoms with Crippen molar-refractivity contribution < 1.29 is 12.6 Å². The standard InChI is InChI=1S/C13H19NO3S2/c1-11-5-7-12(8-6-11)19(15,16)17-10-9-14-18-13(2,3)4/h5-9H,10H2,1-4H3/b14-9+. The Hall–Kier alpha value is -0.850. The Morgan fingerprint density at radius 2 is 1.84 bits per heavy atom. The number of rotatable bonds is 5. The summed E-state index contributed by atoms with van der Waals surface area (Å²) in [7, 11) is -3.69. The second-order valence-corrected chi connectivity index (χ2v) is 8.28. The van der Waals surface area contributed by atoms with Gasteiger partial charge in [0.05, 0.1) is 4.90 Å². The summed E-state index contributed by atoms with van der Waals surface area (Å²) in [6, 6.07) is 6.54. The Morgan fingerprint density at radius 1 is 1.26 bits per heavy atom. The fourth-order valence-corrected chi connectivity index (χ4v) is 2.42. The predicted octanol–water partition coefficient (Wildman–Crippen LogP) is 3.22. The van der Waals surface area contributed by atoms with Gasteiger partial charge in [0, 0.05) is 11.0 Å². The molecule has 19 heavy (non-hydrogen) atoms. The first-order valence-electron chi connectivity index (χ1n) is 5.87. The van der Waals surface area contributed by atoms with Gasteiger partial charge in [-0.3, -0.25) is 4.18 Å². The van der Waals surface area contributed by atoms with Gasteiger partial charge in [0.25, 0.3) is 10.1 Å². The highest BCUT2D eigenvalue weighted by atomic mass is 32.2. The summed E-state index contributed by atoms with van der Waals surface area (Å²) in [5, 5.41) is 0. The molecular weight excluding hydrogens is 282 g/mol. The first-order valence-corrected chi connectivity index (χ1v) is 8.05. The Balaban J connectivity index is 2.55. The lowest BCUT2D eigenvalue weighted by atomic mass is 10.2. The topological polar surface area (TPSA) is 55.7 Å². The van der Waals surface area contributed by atoms with Crippen LogP contribution in [0.15, 0.2) is 33.6 Å². The Labute approximate surface area is 119 Å². The smallest absolute Gasteiger partial charge is 0.261 e. The molecule has 0 radical (unpaired) electrons. The van der Waals surface area contributed by atoms with Crippen molar-refractivity contribution in [2.24, 2.45) is 4.40 Å². The molecule has 0 spiro atoms. The predicted molar refractivity (Wildman–Crippen MR) is 80.2 cm³/mol. The SMILES string of the molecule is Cc1ccc(S(=O)(=O)OC/C=N/SC(C)(C)C)cc1. The third kappa shape index (κ3) is 6.22. The number of hydrogen-bond acceptors (Lipinski definition) is 5. The molecule has 0 unspecified atom stereocenters. The van der Waals surface area contributed by atoms with E-state index in [0.29, 0.717) is 0 Å². The lowest BCUT2D eigenvalue weighted by molar-refractivity contribution is 0.371. The Morgan fingerprint density at radius 3 is 2.37 bits per heavy atom. The van der Waals surface area contributed by atoms with Crippen LogP contribution in [0.5, 0.6) is 0 Å². The molecule has 6 heteroatoms. The summed E-state index contributed by atoms with van der Waals surface area (Å²) >= 11 is 1.38. The lowest BCUT2D eigenvalue weighted by Crippen LogP contribution is -2.09. The van der Waals surface area contributed by atoms with Crippen LogP contribution in [0.2, 0.25) is 0 Å². The molecule has 0 heterocycles. The maximum atomic E-state index is 11.8.